The van der Waals surface area contributed by atoms with Crippen molar-refractivity contribution >= 4 is 22.1 Å². The van der Waals surface area contributed by atoms with Gasteiger partial charge >= 0.3 is 0 Å². The Kier molecular flexibility index (Phi) is 2.81. The highest BCUT2D eigenvalue weighted by atomic mass is 32.1. The standard InChI is InChI=1S/C14H12N2OS/c1-9-14(18-8-16-9)13(17)12-4-2-3-10-7-15-6-5-11(10)12/h2-8,13,17H,1H3. The average Bonchev–Trinajstić information content (AvgIpc) is 2.83. The van der Waals surface area contributed by atoms with E-state index < -0.39 is 6.10 Å². The lowest BCUT2D eigenvalue weighted by molar-refractivity contribution is 0.224. The van der Waals surface area contributed by atoms with E-state index in [1.54, 1.807) is 11.7 Å². The molecule has 90 valence electrons. The van der Waals surface area contributed by atoms with Gasteiger partial charge in [0.2, 0.25) is 0 Å². The maximum Gasteiger partial charge on any atom is 0.116 e. The second-order valence-electron chi connectivity index (χ2n) is 4.15. The normalized spacial score (nSPS) is 12.8. The summed E-state index contributed by atoms with van der Waals surface area (Å²) in [6.45, 7) is 1.92. The topological polar surface area (TPSA) is 46.0 Å². The number of hydrogen-bond donors (Lipinski definition) is 1. The largest absolute Gasteiger partial charge is 0.383 e. The zero-order valence-electron chi connectivity index (χ0n) is 9.87. The van der Waals surface area contributed by atoms with Crippen LogP contribution < -0.4 is 0 Å². The zero-order valence-corrected chi connectivity index (χ0v) is 10.7. The molecule has 1 aromatic carbocycles. The van der Waals surface area contributed by atoms with Crippen LogP contribution in [-0.4, -0.2) is 15.1 Å². The number of hydrogen-bond acceptors (Lipinski definition) is 4. The average molecular weight is 256 g/mol. The zero-order chi connectivity index (χ0) is 12.5. The van der Waals surface area contributed by atoms with Crippen molar-refractivity contribution < 1.29 is 5.11 Å². The van der Waals surface area contributed by atoms with Gasteiger partial charge in [0.25, 0.3) is 0 Å². The van der Waals surface area contributed by atoms with Gasteiger partial charge in [-0.1, -0.05) is 18.2 Å². The van der Waals surface area contributed by atoms with Gasteiger partial charge in [-0.3, -0.25) is 4.98 Å². The number of pyridine rings is 1. The number of benzene rings is 1. The van der Waals surface area contributed by atoms with Gasteiger partial charge in [0, 0.05) is 17.8 Å². The summed E-state index contributed by atoms with van der Waals surface area (Å²) in [7, 11) is 0. The number of thiazole rings is 1. The maximum absolute atomic E-state index is 10.5. The highest BCUT2D eigenvalue weighted by Gasteiger charge is 2.17. The molecule has 0 saturated heterocycles. The molecule has 2 aromatic heterocycles. The van der Waals surface area contributed by atoms with E-state index in [2.05, 4.69) is 9.97 Å². The summed E-state index contributed by atoms with van der Waals surface area (Å²) >= 11 is 1.48. The fourth-order valence-electron chi connectivity index (χ4n) is 2.10. The predicted octanol–water partition coefficient (Wildman–Crippen LogP) is 3.08. The third-order valence-corrected chi connectivity index (χ3v) is 4.02. The molecule has 0 saturated carbocycles. The fraction of sp³-hybridized carbons (Fsp3) is 0.143. The molecule has 0 amide bonds. The molecule has 0 spiro atoms. The van der Waals surface area contributed by atoms with E-state index in [4.69, 9.17) is 0 Å². The van der Waals surface area contributed by atoms with Crippen molar-refractivity contribution in [2.75, 3.05) is 0 Å². The molecule has 3 nitrogen and oxygen atoms in total. The Bertz CT molecular complexity index is 688. The van der Waals surface area contributed by atoms with Gasteiger partial charge in [-0.2, -0.15) is 0 Å². The number of aliphatic hydroxyl groups excluding tert-OH is 1. The molecule has 1 atom stereocenters. The van der Waals surface area contributed by atoms with E-state index in [1.807, 2.05) is 37.4 Å². The molecule has 2 heterocycles. The van der Waals surface area contributed by atoms with Crippen LogP contribution >= 0.6 is 11.3 Å². The minimum atomic E-state index is -0.622. The highest BCUT2D eigenvalue weighted by Crippen LogP contribution is 2.31. The number of aryl methyl sites for hydroxylation is 1. The van der Waals surface area contributed by atoms with Gasteiger partial charge in [0.05, 0.1) is 16.1 Å². The summed E-state index contributed by atoms with van der Waals surface area (Å²) in [6.07, 6.45) is 2.94. The number of rotatable bonds is 2. The number of nitrogens with zero attached hydrogens (tertiary/aromatic N) is 2. The van der Waals surface area contributed by atoms with Crippen LogP contribution in [0.4, 0.5) is 0 Å². The molecule has 1 unspecified atom stereocenters. The second-order valence-corrected chi connectivity index (χ2v) is 5.03. The third kappa shape index (κ3) is 1.79. The van der Waals surface area contributed by atoms with Crippen LogP contribution in [-0.2, 0) is 0 Å². The van der Waals surface area contributed by atoms with E-state index in [9.17, 15) is 5.11 Å². The smallest absolute Gasteiger partial charge is 0.116 e. The van der Waals surface area contributed by atoms with Crippen molar-refractivity contribution in [2.24, 2.45) is 0 Å². The molecular weight excluding hydrogens is 244 g/mol. The fourth-order valence-corrected chi connectivity index (χ4v) is 2.90. The maximum atomic E-state index is 10.5. The molecule has 18 heavy (non-hydrogen) atoms. The SMILES string of the molecule is Cc1ncsc1C(O)c1cccc2cnccc12. The van der Waals surface area contributed by atoms with Crippen molar-refractivity contribution in [1.82, 2.24) is 9.97 Å². The number of aliphatic hydroxyl groups is 1. The number of fused-ring (bicyclic) bond motifs is 1. The summed E-state index contributed by atoms with van der Waals surface area (Å²) in [5.74, 6) is 0. The molecule has 0 aliphatic rings. The lowest BCUT2D eigenvalue weighted by atomic mass is 10.0. The second kappa shape index (κ2) is 4.48. The van der Waals surface area contributed by atoms with E-state index in [0.717, 1.165) is 26.9 Å². The van der Waals surface area contributed by atoms with Crippen molar-refractivity contribution in [3.63, 3.8) is 0 Å². The molecule has 1 N–H and O–H groups in total. The molecule has 0 aliphatic heterocycles. The Morgan fingerprint density at radius 3 is 2.94 bits per heavy atom. The Hall–Kier alpha value is -1.78. The summed E-state index contributed by atoms with van der Waals surface area (Å²) in [4.78, 5) is 9.19. The Morgan fingerprint density at radius 2 is 2.17 bits per heavy atom. The first-order valence-electron chi connectivity index (χ1n) is 5.68. The van der Waals surface area contributed by atoms with Gasteiger partial charge in [0.1, 0.15) is 6.10 Å². The van der Waals surface area contributed by atoms with Crippen LogP contribution in [0.25, 0.3) is 10.8 Å². The molecule has 3 aromatic rings. The van der Waals surface area contributed by atoms with Crippen LogP contribution in [0.5, 0.6) is 0 Å². The van der Waals surface area contributed by atoms with Crippen molar-refractivity contribution in [3.05, 3.63) is 58.3 Å². The summed E-state index contributed by atoms with van der Waals surface area (Å²) in [6, 6.07) is 7.83. The van der Waals surface area contributed by atoms with Gasteiger partial charge in [-0.15, -0.1) is 11.3 Å². The van der Waals surface area contributed by atoms with Gasteiger partial charge in [0.15, 0.2) is 0 Å². The Labute approximate surface area is 109 Å². The van der Waals surface area contributed by atoms with Crippen LogP contribution in [0, 0.1) is 6.92 Å². The van der Waals surface area contributed by atoms with E-state index in [-0.39, 0.29) is 0 Å². The Balaban J connectivity index is 2.18. The minimum Gasteiger partial charge on any atom is -0.383 e. The molecule has 0 fully saturated rings. The summed E-state index contributed by atoms with van der Waals surface area (Å²) in [5, 5.41) is 12.6. The van der Waals surface area contributed by atoms with Gasteiger partial charge in [-0.05, 0) is 23.9 Å². The first-order valence-corrected chi connectivity index (χ1v) is 6.56. The predicted molar refractivity (Wildman–Crippen MR) is 72.7 cm³/mol. The third-order valence-electron chi connectivity index (χ3n) is 3.04. The van der Waals surface area contributed by atoms with Crippen LogP contribution in [0.3, 0.4) is 0 Å². The van der Waals surface area contributed by atoms with Crippen LogP contribution in [0.15, 0.2) is 42.2 Å². The molecular formula is C14H12N2OS. The molecule has 0 aliphatic carbocycles. The first kappa shape index (κ1) is 11.3. The number of aromatic nitrogens is 2. The van der Waals surface area contributed by atoms with Crippen molar-refractivity contribution in [1.29, 1.82) is 0 Å². The minimum absolute atomic E-state index is 0.622. The quantitative estimate of drug-likeness (QED) is 0.766. The lowest BCUT2D eigenvalue weighted by Crippen LogP contribution is -2.00. The van der Waals surface area contributed by atoms with Gasteiger partial charge < -0.3 is 5.11 Å². The molecule has 0 bridgehead atoms. The summed E-state index contributed by atoms with van der Waals surface area (Å²) < 4.78 is 0. The monoisotopic (exact) mass is 256 g/mol. The van der Waals surface area contributed by atoms with E-state index in [1.165, 1.54) is 11.3 Å². The van der Waals surface area contributed by atoms with Crippen molar-refractivity contribution in [3.8, 4) is 0 Å². The molecule has 3 rings (SSSR count). The summed E-state index contributed by atoms with van der Waals surface area (Å²) in [5.41, 5.74) is 3.56. The lowest BCUT2D eigenvalue weighted by Gasteiger charge is -2.12. The van der Waals surface area contributed by atoms with E-state index >= 15 is 0 Å². The Morgan fingerprint density at radius 1 is 1.28 bits per heavy atom. The first-order chi connectivity index (χ1) is 8.77. The van der Waals surface area contributed by atoms with Crippen molar-refractivity contribution in [2.45, 2.75) is 13.0 Å². The van der Waals surface area contributed by atoms with Crippen LogP contribution in [0.2, 0.25) is 0 Å². The highest BCUT2D eigenvalue weighted by molar-refractivity contribution is 7.09. The molecule has 0 radical (unpaired) electrons. The van der Waals surface area contributed by atoms with E-state index in [0.29, 0.717) is 0 Å². The molecule has 4 heteroatoms. The van der Waals surface area contributed by atoms with Crippen LogP contribution in [0.1, 0.15) is 22.2 Å². The van der Waals surface area contributed by atoms with Gasteiger partial charge in [-0.25, -0.2) is 4.98 Å².